The normalized spacial score (nSPS) is 11.4. The van der Waals surface area contributed by atoms with E-state index in [0.29, 0.717) is 12.3 Å². The van der Waals surface area contributed by atoms with Crippen molar-refractivity contribution in [1.82, 2.24) is 19.2 Å². The molecule has 0 aliphatic rings. The van der Waals surface area contributed by atoms with Crippen molar-refractivity contribution in [3.8, 4) is 11.4 Å². The van der Waals surface area contributed by atoms with E-state index in [2.05, 4.69) is 10.3 Å². The zero-order valence-corrected chi connectivity index (χ0v) is 17.7. The van der Waals surface area contributed by atoms with E-state index in [1.165, 1.54) is 11.4 Å². The molecule has 1 amide bonds. The average Bonchev–Trinajstić information content (AvgIpc) is 3.26. The van der Waals surface area contributed by atoms with Gasteiger partial charge in [0.05, 0.1) is 12.6 Å². The molecule has 30 heavy (non-hydrogen) atoms. The molecule has 3 aromatic rings. The van der Waals surface area contributed by atoms with Crippen molar-refractivity contribution in [3.05, 3.63) is 78.4 Å². The van der Waals surface area contributed by atoms with Crippen LogP contribution in [0.3, 0.4) is 0 Å². The maximum atomic E-state index is 12.0. The van der Waals surface area contributed by atoms with E-state index < -0.39 is 10.0 Å². The lowest BCUT2D eigenvalue weighted by Gasteiger charge is -2.14. The number of nitrogens with zero attached hydrogens (tertiary/aromatic N) is 3. The van der Waals surface area contributed by atoms with Crippen LogP contribution in [-0.2, 0) is 27.9 Å². The number of amides is 1. The van der Waals surface area contributed by atoms with Crippen LogP contribution in [0.4, 0.5) is 0 Å². The first-order valence-corrected chi connectivity index (χ1v) is 11.1. The number of rotatable bonds is 9. The van der Waals surface area contributed by atoms with Gasteiger partial charge in [-0.3, -0.25) is 4.79 Å². The van der Waals surface area contributed by atoms with Gasteiger partial charge in [-0.15, -0.1) is 0 Å². The Bertz CT molecular complexity index is 1060. The summed E-state index contributed by atoms with van der Waals surface area (Å²) in [7, 11) is -1.71. The molecule has 0 spiro atoms. The average molecular weight is 429 g/mol. The van der Waals surface area contributed by atoms with Gasteiger partial charge in [0.1, 0.15) is 5.75 Å². The molecule has 0 bridgehead atoms. The number of benzene rings is 2. The molecule has 2 aromatic carbocycles. The van der Waals surface area contributed by atoms with E-state index in [4.69, 9.17) is 4.74 Å². The van der Waals surface area contributed by atoms with Crippen LogP contribution in [0.25, 0.3) is 5.69 Å². The Hall–Kier alpha value is -3.17. The molecule has 9 heteroatoms. The number of hydrogen-bond donors (Lipinski definition) is 1. The fraction of sp³-hybridized carbons (Fsp3) is 0.238. The molecule has 0 radical (unpaired) electrons. The molecule has 3 rings (SSSR count). The van der Waals surface area contributed by atoms with Gasteiger partial charge in [-0.1, -0.05) is 24.3 Å². The summed E-state index contributed by atoms with van der Waals surface area (Å²) in [6.07, 6.45) is 6.47. The van der Waals surface area contributed by atoms with Crippen molar-refractivity contribution in [3.63, 3.8) is 0 Å². The number of aromatic nitrogens is 2. The smallest absolute Gasteiger partial charge is 0.258 e. The van der Waals surface area contributed by atoms with E-state index in [-0.39, 0.29) is 19.1 Å². The summed E-state index contributed by atoms with van der Waals surface area (Å²) in [6.45, 7) is 0.581. The Morgan fingerprint density at radius 3 is 2.37 bits per heavy atom. The summed E-state index contributed by atoms with van der Waals surface area (Å²) in [6, 6.07) is 14.8. The second-order valence-corrected chi connectivity index (χ2v) is 8.95. The minimum atomic E-state index is -3.23. The predicted octanol–water partition coefficient (Wildman–Crippen LogP) is 1.96. The van der Waals surface area contributed by atoms with Gasteiger partial charge in [0.2, 0.25) is 10.0 Å². The van der Waals surface area contributed by atoms with Crippen LogP contribution in [0.2, 0.25) is 0 Å². The molecule has 1 N–H and O–H groups in total. The van der Waals surface area contributed by atoms with E-state index in [1.54, 1.807) is 36.8 Å². The number of ether oxygens (including phenoxy) is 1. The van der Waals surface area contributed by atoms with Crippen LogP contribution in [-0.4, -0.2) is 48.1 Å². The Morgan fingerprint density at radius 1 is 1.10 bits per heavy atom. The molecule has 158 valence electrons. The van der Waals surface area contributed by atoms with Crippen LogP contribution in [0.1, 0.15) is 11.1 Å². The highest BCUT2D eigenvalue weighted by atomic mass is 32.2. The number of imidazole rings is 1. The highest BCUT2D eigenvalue weighted by molar-refractivity contribution is 7.88. The van der Waals surface area contributed by atoms with Crippen molar-refractivity contribution >= 4 is 15.9 Å². The lowest BCUT2D eigenvalue weighted by Crippen LogP contribution is -2.28. The molecule has 0 aliphatic carbocycles. The van der Waals surface area contributed by atoms with Crippen molar-refractivity contribution < 1.29 is 17.9 Å². The quantitative estimate of drug-likeness (QED) is 0.562. The molecule has 0 unspecified atom stereocenters. The number of carbonyl (C=O) groups is 1. The fourth-order valence-electron chi connectivity index (χ4n) is 2.66. The monoisotopic (exact) mass is 428 g/mol. The summed E-state index contributed by atoms with van der Waals surface area (Å²) in [5.41, 5.74) is 2.81. The Morgan fingerprint density at radius 2 is 1.77 bits per heavy atom. The molecular formula is C21H24N4O4S. The summed E-state index contributed by atoms with van der Waals surface area (Å²) in [4.78, 5) is 16.1. The third kappa shape index (κ3) is 6.16. The number of carbonyl (C=O) groups excluding carboxylic acids is 1. The topological polar surface area (TPSA) is 93.5 Å². The highest BCUT2D eigenvalue weighted by Gasteiger charge is 2.11. The molecule has 0 atom stereocenters. The SMILES string of the molecule is CN(Cc1ccc(OCC(=O)NCc2ccc(-n3ccnc3)cc2)cc1)S(C)(=O)=O. The second kappa shape index (κ2) is 9.55. The van der Waals surface area contributed by atoms with E-state index >= 15 is 0 Å². The minimum Gasteiger partial charge on any atom is -0.484 e. The zero-order valence-electron chi connectivity index (χ0n) is 16.9. The van der Waals surface area contributed by atoms with Crippen molar-refractivity contribution in [1.29, 1.82) is 0 Å². The molecule has 0 fully saturated rings. The Balaban J connectivity index is 1.43. The van der Waals surface area contributed by atoms with Crippen LogP contribution in [0, 0.1) is 0 Å². The van der Waals surface area contributed by atoms with Crippen LogP contribution in [0.15, 0.2) is 67.3 Å². The van der Waals surface area contributed by atoms with E-state index in [0.717, 1.165) is 23.1 Å². The highest BCUT2D eigenvalue weighted by Crippen LogP contribution is 2.14. The van der Waals surface area contributed by atoms with Crippen LogP contribution in [0.5, 0.6) is 5.75 Å². The molecule has 8 nitrogen and oxygen atoms in total. The van der Waals surface area contributed by atoms with Gasteiger partial charge < -0.3 is 14.6 Å². The Labute approximate surface area is 176 Å². The lowest BCUT2D eigenvalue weighted by atomic mass is 10.2. The van der Waals surface area contributed by atoms with Crippen LogP contribution >= 0.6 is 0 Å². The molecule has 0 aliphatic heterocycles. The van der Waals surface area contributed by atoms with Gasteiger partial charge in [0.25, 0.3) is 5.91 Å². The van der Waals surface area contributed by atoms with Gasteiger partial charge >= 0.3 is 0 Å². The maximum Gasteiger partial charge on any atom is 0.258 e. The standard InChI is InChI=1S/C21H24N4O4S/c1-24(30(2,27)28)14-18-5-9-20(10-6-18)29-15-21(26)23-13-17-3-7-19(8-4-17)25-12-11-22-16-25/h3-12,16H,13-15H2,1-2H3,(H,23,26). The second-order valence-electron chi connectivity index (χ2n) is 6.86. The first-order valence-electron chi connectivity index (χ1n) is 9.28. The Kier molecular flexibility index (Phi) is 6.86. The largest absolute Gasteiger partial charge is 0.484 e. The first-order chi connectivity index (χ1) is 14.3. The molecule has 1 heterocycles. The van der Waals surface area contributed by atoms with Crippen LogP contribution < -0.4 is 10.1 Å². The number of hydrogen-bond acceptors (Lipinski definition) is 5. The van der Waals surface area contributed by atoms with Gasteiger partial charge in [0, 0.05) is 38.2 Å². The zero-order chi connectivity index (χ0) is 21.6. The summed E-state index contributed by atoms with van der Waals surface area (Å²) >= 11 is 0. The van der Waals surface area contributed by atoms with Gasteiger partial charge in [-0.25, -0.2) is 17.7 Å². The fourth-order valence-corrected chi connectivity index (χ4v) is 3.05. The van der Waals surface area contributed by atoms with Gasteiger partial charge in [-0.2, -0.15) is 0 Å². The number of sulfonamides is 1. The molecule has 1 aromatic heterocycles. The minimum absolute atomic E-state index is 0.101. The maximum absolute atomic E-state index is 12.0. The lowest BCUT2D eigenvalue weighted by molar-refractivity contribution is -0.123. The summed E-state index contributed by atoms with van der Waals surface area (Å²) in [5.74, 6) is 0.315. The summed E-state index contributed by atoms with van der Waals surface area (Å²) < 4.78 is 31.6. The van der Waals surface area contributed by atoms with Gasteiger partial charge in [0.15, 0.2) is 6.61 Å². The van der Waals surface area contributed by atoms with Crippen molar-refractivity contribution in [2.75, 3.05) is 19.9 Å². The number of nitrogens with one attached hydrogen (secondary N) is 1. The van der Waals surface area contributed by atoms with Crippen molar-refractivity contribution in [2.45, 2.75) is 13.1 Å². The molecular weight excluding hydrogens is 404 g/mol. The third-order valence-electron chi connectivity index (χ3n) is 4.49. The third-order valence-corrected chi connectivity index (χ3v) is 5.75. The first kappa shape index (κ1) is 21.5. The van der Waals surface area contributed by atoms with E-state index in [9.17, 15) is 13.2 Å². The van der Waals surface area contributed by atoms with E-state index in [1.807, 2.05) is 35.0 Å². The predicted molar refractivity (Wildman–Crippen MR) is 114 cm³/mol. The molecule has 0 saturated heterocycles. The summed E-state index contributed by atoms with van der Waals surface area (Å²) in [5, 5.41) is 2.82. The van der Waals surface area contributed by atoms with Crippen molar-refractivity contribution in [2.24, 2.45) is 0 Å². The molecule has 0 saturated carbocycles. The van der Waals surface area contributed by atoms with Gasteiger partial charge in [-0.05, 0) is 35.4 Å².